The number of aliphatic carboxylic acids is 1. The molecule has 19 heavy (non-hydrogen) atoms. The monoisotopic (exact) mass is 283 g/mol. The average Bonchev–Trinajstić information content (AvgIpc) is 2.85. The number of carboxylic acids is 1. The molecular weight excluding hydrogens is 262 g/mol. The summed E-state index contributed by atoms with van der Waals surface area (Å²) in [4.78, 5) is 15.0. The Morgan fingerprint density at radius 1 is 1.58 bits per heavy atom. The summed E-state index contributed by atoms with van der Waals surface area (Å²) < 4.78 is 0. The first-order chi connectivity index (χ1) is 9.00. The molecule has 0 amide bonds. The highest BCUT2D eigenvalue weighted by molar-refractivity contribution is 7.13. The van der Waals surface area contributed by atoms with Crippen LogP contribution in [0.1, 0.15) is 50.8 Å². The summed E-state index contributed by atoms with van der Waals surface area (Å²) in [5.41, 5.74) is 6.29. The number of nitrogens with zero attached hydrogens (tertiary/aromatic N) is 1. The second-order valence-electron chi connectivity index (χ2n) is 5.62. The van der Waals surface area contributed by atoms with Gasteiger partial charge in [0.05, 0.1) is 5.69 Å². The van der Waals surface area contributed by atoms with Gasteiger partial charge in [-0.05, 0) is 18.3 Å². The minimum Gasteiger partial charge on any atom is -0.480 e. The number of anilines is 1. The third-order valence-electron chi connectivity index (χ3n) is 3.83. The molecule has 2 rings (SSSR count). The minimum absolute atomic E-state index is 0.332. The Bertz CT molecular complexity index is 441. The van der Waals surface area contributed by atoms with Crippen LogP contribution in [0.15, 0.2) is 5.38 Å². The molecule has 1 heterocycles. The maximum atomic E-state index is 10.8. The summed E-state index contributed by atoms with van der Waals surface area (Å²) in [6, 6.07) is -1.03. The number of rotatable bonds is 5. The first-order valence-electron chi connectivity index (χ1n) is 6.68. The molecule has 4 N–H and O–H groups in total. The van der Waals surface area contributed by atoms with Crippen molar-refractivity contribution in [2.75, 3.05) is 11.9 Å². The lowest BCUT2D eigenvalue weighted by atomic mass is 9.76. The molecule has 5 nitrogen and oxygen atoms in total. The molecule has 1 unspecified atom stereocenters. The van der Waals surface area contributed by atoms with Gasteiger partial charge in [-0.1, -0.05) is 26.2 Å². The minimum atomic E-state index is -1.05. The van der Waals surface area contributed by atoms with Crippen molar-refractivity contribution in [3.8, 4) is 0 Å². The molecule has 1 saturated carbocycles. The Balaban J connectivity index is 1.91. The van der Waals surface area contributed by atoms with Gasteiger partial charge in [-0.25, -0.2) is 4.98 Å². The van der Waals surface area contributed by atoms with E-state index in [0.29, 0.717) is 11.1 Å². The van der Waals surface area contributed by atoms with Crippen LogP contribution >= 0.6 is 11.3 Å². The molecule has 1 fully saturated rings. The maximum absolute atomic E-state index is 10.8. The van der Waals surface area contributed by atoms with Gasteiger partial charge in [-0.2, -0.15) is 0 Å². The standard InChI is InChI=1S/C13H21N3O2S/c1-13(5-3-2-4-6-13)8-15-12-16-9(7-19-12)10(14)11(17)18/h7,10H,2-6,8,14H2,1H3,(H,15,16)(H,17,18). The number of carbonyl (C=O) groups is 1. The van der Waals surface area contributed by atoms with Crippen LogP contribution in [0.25, 0.3) is 0 Å². The molecule has 106 valence electrons. The fourth-order valence-electron chi connectivity index (χ4n) is 2.51. The zero-order chi connectivity index (χ0) is 13.9. The molecule has 1 aromatic heterocycles. The second kappa shape index (κ2) is 5.88. The number of carboxylic acid groups (broad SMARTS) is 1. The van der Waals surface area contributed by atoms with Gasteiger partial charge in [-0.15, -0.1) is 11.3 Å². The molecule has 1 aliphatic rings. The molecular formula is C13H21N3O2S. The third-order valence-corrected chi connectivity index (χ3v) is 4.65. The van der Waals surface area contributed by atoms with Crippen LogP contribution in [-0.2, 0) is 4.79 Å². The SMILES string of the molecule is CC1(CNc2nc(C(N)C(=O)O)cs2)CCCCC1. The first-order valence-corrected chi connectivity index (χ1v) is 7.56. The molecule has 0 bridgehead atoms. The largest absolute Gasteiger partial charge is 0.480 e. The van der Waals surface area contributed by atoms with Gasteiger partial charge in [0.2, 0.25) is 0 Å². The van der Waals surface area contributed by atoms with E-state index in [-0.39, 0.29) is 0 Å². The van der Waals surface area contributed by atoms with Crippen LogP contribution in [0.4, 0.5) is 5.13 Å². The van der Waals surface area contributed by atoms with E-state index in [9.17, 15) is 4.79 Å². The second-order valence-corrected chi connectivity index (χ2v) is 6.48. The van der Waals surface area contributed by atoms with Crippen LogP contribution in [0, 0.1) is 5.41 Å². The van der Waals surface area contributed by atoms with Crippen molar-refractivity contribution in [2.24, 2.45) is 11.1 Å². The number of hydrogen-bond acceptors (Lipinski definition) is 5. The predicted octanol–water partition coefficient (Wildman–Crippen LogP) is 2.61. The van der Waals surface area contributed by atoms with Gasteiger partial charge in [-0.3, -0.25) is 4.79 Å². The fraction of sp³-hybridized carbons (Fsp3) is 0.692. The highest BCUT2D eigenvalue weighted by Crippen LogP contribution is 2.36. The molecule has 0 saturated heterocycles. The Hall–Kier alpha value is -1.14. The van der Waals surface area contributed by atoms with Crippen molar-refractivity contribution in [1.29, 1.82) is 0 Å². The van der Waals surface area contributed by atoms with Gasteiger partial charge in [0, 0.05) is 11.9 Å². The molecule has 1 aliphatic carbocycles. The maximum Gasteiger partial charge on any atom is 0.326 e. The van der Waals surface area contributed by atoms with Crippen LogP contribution in [0.5, 0.6) is 0 Å². The van der Waals surface area contributed by atoms with E-state index in [1.54, 1.807) is 5.38 Å². The van der Waals surface area contributed by atoms with Crippen LogP contribution in [0.3, 0.4) is 0 Å². The topological polar surface area (TPSA) is 88.2 Å². The van der Waals surface area contributed by atoms with E-state index < -0.39 is 12.0 Å². The zero-order valence-electron chi connectivity index (χ0n) is 11.2. The molecule has 0 aromatic carbocycles. The highest BCUT2D eigenvalue weighted by atomic mass is 32.1. The van der Waals surface area contributed by atoms with Gasteiger partial charge in [0.25, 0.3) is 0 Å². The summed E-state index contributed by atoms with van der Waals surface area (Å²) in [6.07, 6.45) is 6.42. The number of nitrogens with two attached hydrogens (primary N) is 1. The first kappa shape index (κ1) is 14.3. The Kier molecular flexibility index (Phi) is 4.42. The van der Waals surface area contributed by atoms with Crippen molar-refractivity contribution < 1.29 is 9.90 Å². The van der Waals surface area contributed by atoms with E-state index in [0.717, 1.165) is 11.7 Å². The van der Waals surface area contributed by atoms with Crippen LogP contribution < -0.4 is 11.1 Å². The lowest BCUT2D eigenvalue weighted by molar-refractivity contribution is -0.138. The van der Waals surface area contributed by atoms with Crippen molar-refractivity contribution in [3.63, 3.8) is 0 Å². The molecule has 0 radical (unpaired) electrons. The number of nitrogens with one attached hydrogen (secondary N) is 1. The Morgan fingerprint density at radius 2 is 2.26 bits per heavy atom. The van der Waals surface area contributed by atoms with Crippen molar-refractivity contribution >= 4 is 22.4 Å². The van der Waals surface area contributed by atoms with Crippen molar-refractivity contribution in [3.05, 3.63) is 11.1 Å². The Morgan fingerprint density at radius 3 is 2.89 bits per heavy atom. The van der Waals surface area contributed by atoms with Gasteiger partial charge < -0.3 is 16.2 Å². The summed E-state index contributed by atoms with van der Waals surface area (Å²) in [5, 5.41) is 14.6. The van der Waals surface area contributed by atoms with Crippen LogP contribution in [0.2, 0.25) is 0 Å². The summed E-state index contributed by atoms with van der Waals surface area (Å²) in [5.74, 6) is -1.05. The van der Waals surface area contributed by atoms with Crippen molar-refractivity contribution in [2.45, 2.75) is 45.1 Å². The number of thiazole rings is 1. The smallest absolute Gasteiger partial charge is 0.326 e. The third kappa shape index (κ3) is 3.67. The van der Waals surface area contributed by atoms with Crippen molar-refractivity contribution in [1.82, 2.24) is 4.98 Å². The normalized spacial score (nSPS) is 19.9. The average molecular weight is 283 g/mol. The summed E-state index contributed by atoms with van der Waals surface area (Å²) in [6.45, 7) is 3.19. The predicted molar refractivity (Wildman–Crippen MR) is 76.4 cm³/mol. The number of aromatic nitrogens is 1. The molecule has 1 atom stereocenters. The highest BCUT2D eigenvalue weighted by Gasteiger charge is 2.27. The van der Waals surface area contributed by atoms with E-state index >= 15 is 0 Å². The summed E-state index contributed by atoms with van der Waals surface area (Å²) >= 11 is 1.42. The molecule has 6 heteroatoms. The van der Waals surface area contributed by atoms with Crippen LogP contribution in [-0.4, -0.2) is 22.6 Å². The molecule has 0 aliphatic heterocycles. The summed E-state index contributed by atoms with van der Waals surface area (Å²) in [7, 11) is 0. The lowest BCUT2D eigenvalue weighted by Crippen LogP contribution is -2.29. The fourth-order valence-corrected chi connectivity index (χ4v) is 3.25. The van der Waals surface area contributed by atoms with Gasteiger partial charge in [0.15, 0.2) is 5.13 Å². The van der Waals surface area contributed by atoms with Gasteiger partial charge >= 0.3 is 5.97 Å². The van der Waals surface area contributed by atoms with E-state index in [1.165, 1.54) is 43.4 Å². The number of hydrogen-bond donors (Lipinski definition) is 3. The van der Waals surface area contributed by atoms with E-state index in [2.05, 4.69) is 17.2 Å². The molecule has 0 spiro atoms. The van der Waals surface area contributed by atoms with E-state index in [1.807, 2.05) is 0 Å². The quantitative estimate of drug-likeness (QED) is 0.773. The Labute approximate surface area is 117 Å². The molecule has 1 aromatic rings. The lowest BCUT2D eigenvalue weighted by Gasteiger charge is -2.33. The van der Waals surface area contributed by atoms with Gasteiger partial charge in [0.1, 0.15) is 6.04 Å². The van der Waals surface area contributed by atoms with E-state index in [4.69, 9.17) is 10.8 Å². The zero-order valence-corrected chi connectivity index (χ0v) is 12.0.